The van der Waals surface area contributed by atoms with E-state index in [1.54, 1.807) is 25.3 Å². The number of pyridine rings is 1. The van der Waals surface area contributed by atoms with Crippen LogP contribution >= 0.6 is 0 Å². The molecule has 1 heterocycles. The molecule has 0 aliphatic carbocycles. The molecule has 3 heteroatoms. The van der Waals surface area contributed by atoms with Gasteiger partial charge in [0.1, 0.15) is 0 Å². The van der Waals surface area contributed by atoms with E-state index in [9.17, 15) is 4.79 Å². The predicted molar refractivity (Wildman–Crippen MR) is 52.7 cm³/mol. The third-order valence-corrected chi connectivity index (χ3v) is 2.04. The standard InChI is InChI=1S/C11H12N2O/c1-8(5-6-12)11(14)10-4-3-9(2)13-7-10/h3-4,7-8H,5H2,1-2H3. The van der Waals surface area contributed by atoms with E-state index < -0.39 is 0 Å². The van der Waals surface area contributed by atoms with E-state index in [2.05, 4.69) is 4.98 Å². The summed E-state index contributed by atoms with van der Waals surface area (Å²) in [6.45, 7) is 3.62. The van der Waals surface area contributed by atoms with Gasteiger partial charge in [-0.15, -0.1) is 0 Å². The molecule has 0 aliphatic heterocycles. The second-order valence-corrected chi connectivity index (χ2v) is 3.32. The molecule has 3 nitrogen and oxygen atoms in total. The Labute approximate surface area is 83.4 Å². The number of Topliss-reactive ketones (excluding diaryl/α,β-unsaturated/α-hetero) is 1. The second-order valence-electron chi connectivity index (χ2n) is 3.32. The maximum atomic E-state index is 11.7. The fraction of sp³-hybridized carbons (Fsp3) is 0.364. The van der Waals surface area contributed by atoms with Gasteiger partial charge in [-0.3, -0.25) is 9.78 Å². The molecule has 1 aromatic heterocycles. The molecule has 0 saturated carbocycles. The van der Waals surface area contributed by atoms with Crippen LogP contribution in [0, 0.1) is 24.2 Å². The van der Waals surface area contributed by atoms with Gasteiger partial charge in [0, 0.05) is 29.8 Å². The van der Waals surface area contributed by atoms with Crippen LogP contribution in [-0.2, 0) is 0 Å². The van der Waals surface area contributed by atoms with Gasteiger partial charge in [0.15, 0.2) is 5.78 Å². The van der Waals surface area contributed by atoms with Crippen LogP contribution in [0.5, 0.6) is 0 Å². The molecule has 0 aliphatic rings. The van der Waals surface area contributed by atoms with Gasteiger partial charge in [-0.1, -0.05) is 6.92 Å². The van der Waals surface area contributed by atoms with Crippen LogP contribution < -0.4 is 0 Å². The molecule has 72 valence electrons. The predicted octanol–water partition coefficient (Wildman–Crippen LogP) is 2.12. The van der Waals surface area contributed by atoms with Gasteiger partial charge in [0.05, 0.1) is 6.07 Å². The Morgan fingerprint density at radius 1 is 1.64 bits per heavy atom. The van der Waals surface area contributed by atoms with Gasteiger partial charge < -0.3 is 0 Å². The van der Waals surface area contributed by atoms with Crippen LogP contribution in [-0.4, -0.2) is 10.8 Å². The third-order valence-electron chi connectivity index (χ3n) is 2.04. The number of hydrogen-bond acceptors (Lipinski definition) is 3. The smallest absolute Gasteiger partial charge is 0.168 e. The summed E-state index contributed by atoms with van der Waals surface area (Å²) in [5.74, 6) is -0.261. The molecule has 0 radical (unpaired) electrons. The first kappa shape index (κ1) is 10.4. The first-order valence-electron chi connectivity index (χ1n) is 4.49. The summed E-state index contributed by atoms with van der Waals surface area (Å²) in [6, 6.07) is 5.53. The zero-order chi connectivity index (χ0) is 10.6. The van der Waals surface area contributed by atoms with Crippen molar-refractivity contribution < 1.29 is 4.79 Å². The van der Waals surface area contributed by atoms with Crippen molar-refractivity contribution in [3.8, 4) is 6.07 Å². The molecule has 0 saturated heterocycles. The lowest BCUT2D eigenvalue weighted by molar-refractivity contribution is 0.0931. The fourth-order valence-corrected chi connectivity index (χ4v) is 1.13. The lowest BCUT2D eigenvalue weighted by Gasteiger charge is -2.05. The van der Waals surface area contributed by atoms with E-state index in [0.717, 1.165) is 5.69 Å². The minimum Gasteiger partial charge on any atom is -0.294 e. The summed E-state index contributed by atoms with van der Waals surface area (Å²) in [5.41, 5.74) is 1.47. The summed E-state index contributed by atoms with van der Waals surface area (Å²) in [5, 5.41) is 8.46. The van der Waals surface area contributed by atoms with Crippen LogP contribution in [0.15, 0.2) is 18.3 Å². The molecule has 0 amide bonds. The van der Waals surface area contributed by atoms with Crippen molar-refractivity contribution in [1.82, 2.24) is 4.98 Å². The highest BCUT2D eigenvalue weighted by molar-refractivity contribution is 5.97. The maximum Gasteiger partial charge on any atom is 0.168 e. The fourth-order valence-electron chi connectivity index (χ4n) is 1.13. The minimum atomic E-state index is -0.246. The van der Waals surface area contributed by atoms with Crippen molar-refractivity contribution in [3.63, 3.8) is 0 Å². The Morgan fingerprint density at radius 2 is 2.36 bits per heavy atom. The average Bonchev–Trinajstić information content (AvgIpc) is 2.18. The number of rotatable bonds is 3. The zero-order valence-electron chi connectivity index (χ0n) is 8.32. The number of aryl methyl sites for hydroxylation is 1. The first-order valence-corrected chi connectivity index (χ1v) is 4.49. The Morgan fingerprint density at radius 3 is 2.86 bits per heavy atom. The SMILES string of the molecule is Cc1ccc(C(=O)C(C)CC#N)cn1. The third kappa shape index (κ3) is 2.40. The molecule has 0 bridgehead atoms. The van der Waals surface area contributed by atoms with E-state index >= 15 is 0 Å². The number of ketones is 1. The highest BCUT2D eigenvalue weighted by Crippen LogP contribution is 2.10. The molecule has 1 atom stereocenters. The summed E-state index contributed by atoms with van der Waals surface area (Å²) >= 11 is 0. The zero-order valence-corrected chi connectivity index (χ0v) is 8.32. The largest absolute Gasteiger partial charge is 0.294 e. The van der Waals surface area contributed by atoms with Crippen molar-refractivity contribution in [2.75, 3.05) is 0 Å². The second kappa shape index (κ2) is 4.52. The van der Waals surface area contributed by atoms with Crippen molar-refractivity contribution >= 4 is 5.78 Å². The van der Waals surface area contributed by atoms with Gasteiger partial charge in [-0.25, -0.2) is 0 Å². The van der Waals surface area contributed by atoms with Crippen molar-refractivity contribution in [1.29, 1.82) is 5.26 Å². The maximum absolute atomic E-state index is 11.7. The molecule has 0 fully saturated rings. The van der Waals surface area contributed by atoms with E-state index in [-0.39, 0.29) is 18.1 Å². The highest BCUT2D eigenvalue weighted by atomic mass is 16.1. The molecular formula is C11H12N2O. The summed E-state index contributed by atoms with van der Waals surface area (Å²) in [7, 11) is 0. The monoisotopic (exact) mass is 188 g/mol. The summed E-state index contributed by atoms with van der Waals surface area (Å²) in [4.78, 5) is 15.7. The Hall–Kier alpha value is -1.69. The van der Waals surface area contributed by atoms with E-state index in [0.29, 0.717) is 5.56 Å². The molecule has 1 unspecified atom stereocenters. The Balaban J connectivity index is 2.80. The number of nitrogens with zero attached hydrogens (tertiary/aromatic N) is 2. The number of hydrogen-bond donors (Lipinski definition) is 0. The van der Waals surface area contributed by atoms with Crippen LogP contribution in [0.2, 0.25) is 0 Å². The van der Waals surface area contributed by atoms with Crippen LogP contribution in [0.25, 0.3) is 0 Å². The van der Waals surface area contributed by atoms with Crippen LogP contribution in [0.4, 0.5) is 0 Å². The number of carbonyl (C=O) groups excluding carboxylic acids is 1. The summed E-state index contributed by atoms with van der Waals surface area (Å²) in [6.07, 6.45) is 1.82. The number of nitriles is 1. The first-order chi connectivity index (χ1) is 6.65. The lowest BCUT2D eigenvalue weighted by atomic mass is 9.98. The van der Waals surface area contributed by atoms with Crippen LogP contribution in [0.1, 0.15) is 29.4 Å². The van der Waals surface area contributed by atoms with Gasteiger partial charge >= 0.3 is 0 Å². The highest BCUT2D eigenvalue weighted by Gasteiger charge is 2.14. The Kier molecular flexibility index (Phi) is 3.35. The number of aromatic nitrogens is 1. The Bertz CT molecular complexity index is 362. The lowest BCUT2D eigenvalue weighted by Crippen LogP contribution is -2.10. The average molecular weight is 188 g/mol. The molecule has 1 rings (SSSR count). The van der Waals surface area contributed by atoms with E-state index in [1.165, 1.54) is 0 Å². The van der Waals surface area contributed by atoms with E-state index in [1.807, 2.05) is 13.0 Å². The van der Waals surface area contributed by atoms with Crippen molar-refractivity contribution in [2.24, 2.45) is 5.92 Å². The quantitative estimate of drug-likeness (QED) is 0.683. The molecular weight excluding hydrogens is 176 g/mol. The number of carbonyl (C=O) groups is 1. The summed E-state index contributed by atoms with van der Waals surface area (Å²) < 4.78 is 0. The van der Waals surface area contributed by atoms with Gasteiger partial charge in [-0.05, 0) is 19.1 Å². The van der Waals surface area contributed by atoms with Crippen molar-refractivity contribution in [2.45, 2.75) is 20.3 Å². The molecule has 1 aromatic rings. The van der Waals surface area contributed by atoms with Crippen molar-refractivity contribution in [3.05, 3.63) is 29.6 Å². The topological polar surface area (TPSA) is 53.8 Å². The van der Waals surface area contributed by atoms with Gasteiger partial charge in [-0.2, -0.15) is 5.26 Å². The van der Waals surface area contributed by atoms with Crippen LogP contribution in [0.3, 0.4) is 0 Å². The normalized spacial score (nSPS) is 11.8. The molecule has 0 aromatic carbocycles. The minimum absolute atomic E-state index is 0.0148. The van der Waals surface area contributed by atoms with Gasteiger partial charge in [0.25, 0.3) is 0 Å². The molecule has 0 N–H and O–H groups in total. The molecule has 14 heavy (non-hydrogen) atoms. The van der Waals surface area contributed by atoms with E-state index in [4.69, 9.17) is 5.26 Å². The van der Waals surface area contributed by atoms with Gasteiger partial charge in [0.2, 0.25) is 0 Å². The molecule has 0 spiro atoms.